The van der Waals surface area contributed by atoms with Gasteiger partial charge in [-0.15, -0.1) is 0 Å². The van der Waals surface area contributed by atoms with E-state index in [0.717, 1.165) is 0 Å². The van der Waals surface area contributed by atoms with Crippen molar-refractivity contribution in [3.05, 3.63) is 28.1 Å². The van der Waals surface area contributed by atoms with Gasteiger partial charge >= 0.3 is 85.8 Å². The van der Waals surface area contributed by atoms with Gasteiger partial charge in [0, 0.05) is 0 Å². The van der Waals surface area contributed by atoms with Crippen molar-refractivity contribution < 1.29 is 27.6 Å². The predicted molar refractivity (Wildman–Crippen MR) is 78.0 cm³/mol. The SMILES string of the molecule is CC.CC.CC.CI([O][Hg])c1cccnc1. The molecule has 0 spiro atoms. The van der Waals surface area contributed by atoms with E-state index in [1.807, 2.05) is 53.8 Å². The van der Waals surface area contributed by atoms with Crippen molar-refractivity contribution in [3.8, 4) is 0 Å². The van der Waals surface area contributed by atoms with Crippen molar-refractivity contribution in [2.75, 3.05) is 4.93 Å². The second-order valence-electron chi connectivity index (χ2n) is 1.70. The van der Waals surface area contributed by atoms with E-state index in [1.165, 1.54) is 3.57 Å². The molecule has 0 unspecified atom stereocenters. The fraction of sp³-hybridized carbons (Fsp3) is 0.583. The van der Waals surface area contributed by atoms with Gasteiger partial charge in [0.2, 0.25) is 0 Å². The maximum atomic E-state index is 5.45. The van der Waals surface area contributed by atoms with Gasteiger partial charge in [-0.3, -0.25) is 0 Å². The van der Waals surface area contributed by atoms with E-state index in [0.29, 0.717) is 26.6 Å². The average Bonchev–Trinajstić information content (AvgIpc) is 2.45. The Kier molecular flexibility index (Phi) is 29.0. The zero-order chi connectivity index (χ0) is 13.4. The van der Waals surface area contributed by atoms with Gasteiger partial charge in [-0.2, -0.15) is 0 Å². The van der Waals surface area contributed by atoms with Crippen LogP contribution in [0.15, 0.2) is 24.5 Å². The summed E-state index contributed by atoms with van der Waals surface area (Å²) >= 11 is -0.691. The molecule has 0 aliphatic heterocycles. The van der Waals surface area contributed by atoms with Gasteiger partial charge < -0.3 is 0 Å². The first-order valence-corrected chi connectivity index (χ1v) is 12.1. The van der Waals surface area contributed by atoms with Crippen LogP contribution in [0, 0.1) is 3.57 Å². The zero-order valence-electron chi connectivity index (χ0n) is 11.7. The Labute approximate surface area is 126 Å². The van der Waals surface area contributed by atoms with Crippen LogP contribution in [0.4, 0.5) is 0 Å². The van der Waals surface area contributed by atoms with Crippen LogP contribution in [-0.4, -0.2) is 9.91 Å². The van der Waals surface area contributed by atoms with E-state index in [2.05, 4.69) is 16.0 Å². The second-order valence-corrected chi connectivity index (χ2v) is 11.7. The summed E-state index contributed by atoms with van der Waals surface area (Å²) in [4.78, 5) is 6.24. The van der Waals surface area contributed by atoms with Gasteiger partial charge in [0.15, 0.2) is 0 Å². The van der Waals surface area contributed by atoms with Gasteiger partial charge in [0.05, 0.1) is 0 Å². The third-order valence-electron chi connectivity index (χ3n) is 1.10. The summed E-state index contributed by atoms with van der Waals surface area (Å²) in [5, 5.41) is 0. The van der Waals surface area contributed by atoms with Crippen molar-refractivity contribution in [1.82, 2.24) is 4.98 Å². The Bertz CT molecular complexity index is 197. The minimum atomic E-state index is -1.18. The van der Waals surface area contributed by atoms with Crippen LogP contribution in [0.3, 0.4) is 0 Å². The van der Waals surface area contributed by atoms with Crippen LogP contribution < -0.4 is 0 Å². The van der Waals surface area contributed by atoms with Gasteiger partial charge in [0.25, 0.3) is 0 Å². The number of halogens is 1. The zero-order valence-corrected chi connectivity index (χ0v) is 19.4. The van der Waals surface area contributed by atoms with Gasteiger partial charge in [0.1, 0.15) is 0 Å². The molecule has 0 atom stereocenters. The Morgan fingerprint density at radius 3 is 1.94 bits per heavy atom. The van der Waals surface area contributed by atoms with Crippen molar-refractivity contribution in [1.29, 1.82) is 0 Å². The standard InChI is InChI=1S/C6H7INO.3C2H6.Hg/c1-7(9)6-3-2-4-8-5-6;3*1-2;/h2-5H,1H3;3*1-2H3;/q-1;;;;+1. The first kappa shape index (κ1) is 22.0. The Morgan fingerprint density at radius 1 is 1.12 bits per heavy atom. The van der Waals surface area contributed by atoms with Crippen molar-refractivity contribution >= 4 is 20.2 Å². The van der Waals surface area contributed by atoms with Crippen LogP contribution >= 0.6 is 20.2 Å². The number of nitrogens with zero attached hydrogens (tertiary/aromatic N) is 1. The summed E-state index contributed by atoms with van der Waals surface area (Å²) < 4.78 is 6.77. The fourth-order valence-electron chi connectivity index (χ4n) is 0.562. The summed E-state index contributed by atoms with van der Waals surface area (Å²) in [6.07, 6.45) is 3.71. The molecule has 0 fully saturated rings. The molecule has 1 aromatic rings. The molecule has 2 nitrogen and oxygen atoms in total. The number of rotatable bonds is 2. The van der Waals surface area contributed by atoms with E-state index in [1.54, 1.807) is 6.20 Å². The number of hydrogen-bond acceptors (Lipinski definition) is 2. The molecule has 0 amide bonds. The van der Waals surface area contributed by atoms with Gasteiger partial charge in [-0.05, 0) is 0 Å². The molecule has 0 aromatic carbocycles. The molecule has 0 aliphatic rings. The molecule has 0 bridgehead atoms. The van der Waals surface area contributed by atoms with E-state index in [9.17, 15) is 0 Å². The Hall–Kier alpha value is 0.775. The third kappa shape index (κ3) is 12.8. The van der Waals surface area contributed by atoms with Gasteiger partial charge in [-0.1, -0.05) is 41.5 Å². The van der Waals surface area contributed by atoms with Crippen LogP contribution in [0.25, 0.3) is 0 Å². The Balaban J connectivity index is -0.000000245. The second kappa shape index (κ2) is 21.1. The first-order chi connectivity index (χ1) is 7.84. The molecule has 0 radical (unpaired) electrons. The molecule has 4 heteroatoms. The molecular formula is C12H25HgINO. The van der Waals surface area contributed by atoms with Gasteiger partial charge in [-0.25, -0.2) is 0 Å². The number of hydrogen-bond donors (Lipinski definition) is 0. The molecule has 0 N–H and O–H groups in total. The fourth-order valence-corrected chi connectivity index (χ4v) is 5.47. The first-order valence-electron chi connectivity index (χ1n) is 5.77. The van der Waals surface area contributed by atoms with Crippen molar-refractivity contribution in [2.24, 2.45) is 0 Å². The number of pyridine rings is 1. The minimum absolute atomic E-state index is 0.485. The number of alkyl halides is 1. The van der Waals surface area contributed by atoms with E-state index in [4.69, 9.17) is 0.974 Å². The van der Waals surface area contributed by atoms with Crippen LogP contribution in [-0.2, 0) is 27.6 Å². The summed E-state index contributed by atoms with van der Waals surface area (Å²) in [6, 6.07) is 4.07. The number of aromatic nitrogens is 1. The molecule has 93 valence electrons. The Morgan fingerprint density at radius 2 is 1.62 bits per heavy atom. The quantitative estimate of drug-likeness (QED) is 0.312. The van der Waals surface area contributed by atoms with Crippen LogP contribution in [0.2, 0.25) is 0 Å². The van der Waals surface area contributed by atoms with Crippen molar-refractivity contribution in [3.63, 3.8) is 0 Å². The molecule has 1 heterocycles. The van der Waals surface area contributed by atoms with Crippen LogP contribution in [0.1, 0.15) is 41.5 Å². The molecule has 0 saturated carbocycles. The molecular weight excluding hydrogens is 502 g/mol. The molecule has 16 heavy (non-hydrogen) atoms. The monoisotopic (exact) mass is 528 g/mol. The summed E-state index contributed by atoms with van der Waals surface area (Å²) in [5.41, 5.74) is 0. The molecule has 1 rings (SSSR count). The summed E-state index contributed by atoms with van der Waals surface area (Å²) in [7, 11) is 0. The van der Waals surface area contributed by atoms with E-state index < -0.39 is 20.2 Å². The van der Waals surface area contributed by atoms with Crippen LogP contribution in [0.5, 0.6) is 0 Å². The van der Waals surface area contributed by atoms with Crippen molar-refractivity contribution in [2.45, 2.75) is 41.5 Å². The summed E-state index contributed by atoms with van der Waals surface area (Å²) in [5.74, 6) is 0. The topological polar surface area (TPSA) is 22.1 Å². The predicted octanol–water partition coefficient (Wildman–Crippen LogP) is 4.86. The normalized spacial score (nSPS) is 8.19. The van der Waals surface area contributed by atoms with E-state index >= 15 is 0 Å². The van der Waals surface area contributed by atoms with E-state index in [-0.39, 0.29) is 0 Å². The third-order valence-corrected chi connectivity index (χ3v) is 13.0. The molecule has 1 aromatic heterocycles. The average molecular weight is 527 g/mol. The maximum absolute atomic E-state index is 5.45. The summed E-state index contributed by atoms with van der Waals surface area (Å²) in [6.45, 7) is 12.0. The molecule has 0 aliphatic carbocycles. The molecule has 0 saturated heterocycles.